The van der Waals surface area contributed by atoms with E-state index in [1.165, 1.54) is 36.4 Å². The van der Waals surface area contributed by atoms with Gasteiger partial charge in [-0.2, -0.15) is 0 Å². The van der Waals surface area contributed by atoms with E-state index < -0.39 is 17.8 Å². The number of H-pyrrole nitrogens is 1. The van der Waals surface area contributed by atoms with Crippen LogP contribution in [-0.4, -0.2) is 38.1 Å². The quantitative estimate of drug-likeness (QED) is 0.359. The second-order valence-corrected chi connectivity index (χ2v) is 7.35. The minimum absolute atomic E-state index is 0.0357. The summed E-state index contributed by atoms with van der Waals surface area (Å²) >= 11 is 0. The molecule has 2 aromatic heterocycles. The Bertz CT molecular complexity index is 1760. The minimum Gasteiger partial charge on any atom is -0.494 e. The predicted molar refractivity (Wildman–Crippen MR) is 116 cm³/mol. The number of carboxylic acids is 2. The Morgan fingerprint density at radius 1 is 0.909 bits per heavy atom. The van der Waals surface area contributed by atoms with Crippen LogP contribution in [0.2, 0.25) is 0 Å². The van der Waals surface area contributed by atoms with Gasteiger partial charge in [-0.1, -0.05) is 0 Å². The van der Waals surface area contributed by atoms with Crippen LogP contribution in [0.15, 0.2) is 57.9 Å². The summed E-state index contributed by atoms with van der Waals surface area (Å²) in [7, 11) is 0. The number of nitrogens with zero attached hydrogens (tertiary/aromatic N) is 1. The third kappa shape index (κ3) is 3.47. The largest absolute Gasteiger partial charge is 0.494 e. The molecular weight excluding hydrogens is 428 g/mol. The van der Waals surface area contributed by atoms with Crippen molar-refractivity contribution in [2.75, 3.05) is 0 Å². The maximum atomic E-state index is 12.3. The number of carboxylic acid groups (broad SMARTS) is 2. The molecule has 1 aliphatic heterocycles. The van der Waals surface area contributed by atoms with Crippen molar-refractivity contribution < 1.29 is 34.1 Å². The average Bonchev–Trinajstić information content (AvgIpc) is 3.44. The summed E-state index contributed by atoms with van der Waals surface area (Å²) in [6.07, 6.45) is 3.01. The number of aromatic hydroxyl groups is 1. The van der Waals surface area contributed by atoms with Gasteiger partial charge < -0.3 is 24.7 Å². The number of furan rings is 1. The first-order valence-corrected chi connectivity index (χ1v) is 9.68. The lowest BCUT2D eigenvalue weighted by atomic mass is 10.1. The summed E-state index contributed by atoms with van der Waals surface area (Å²) in [5.41, 5.74) is 1.89. The van der Waals surface area contributed by atoms with Gasteiger partial charge in [0.1, 0.15) is 10.8 Å². The van der Waals surface area contributed by atoms with E-state index in [-0.39, 0.29) is 22.6 Å². The number of amides is 1. The summed E-state index contributed by atoms with van der Waals surface area (Å²) in [5, 5.41) is 30.0. The third-order valence-corrected chi connectivity index (χ3v) is 5.27. The number of rotatable bonds is 4. The summed E-state index contributed by atoms with van der Waals surface area (Å²) in [6.45, 7) is 0. The molecule has 0 atom stereocenters. The van der Waals surface area contributed by atoms with E-state index in [4.69, 9.17) is 4.42 Å². The lowest BCUT2D eigenvalue weighted by Crippen LogP contribution is -2.24. The first-order chi connectivity index (χ1) is 15.8. The Kier molecular flexibility index (Phi) is 4.45. The van der Waals surface area contributed by atoms with Gasteiger partial charge >= 0.3 is 11.9 Å². The highest BCUT2D eigenvalue weighted by Gasteiger charge is 2.16. The second kappa shape index (κ2) is 7.34. The highest BCUT2D eigenvalue weighted by molar-refractivity contribution is 6.25. The molecule has 5 rings (SSSR count). The Morgan fingerprint density at radius 2 is 1.58 bits per heavy atom. The van der Waals surface area contributed by atoms with Crippen molar-refractivity contribution in [3.8, 4) is 5.88 Å². The van der Waals surface area contributed by atoms with Crippen LogP contribution in [0, 0.1) is 0 Å². The van der Waals surface area contributed by atoms with Crippen molar-refractivity contribution in [2.24, 2.45) is 4.99 Å². The molecule has 9 nitrogen and oxygen atoms in total. The summed E-state index contributed by atoms with van der Waals surface area (Å²) in [5.74, 6) is -2.86. The molecular formula is C24H14N2O7. The van der Waals surface area contributed by atoms with Crippen molar-refractivity contribution >= 4 is 46.5 Å². The molecule has 0 saturated heterocycles. The SMILES string of the molecule is O=C1N=c2ccc(C(=O)O)cc2=C1/C=c1\cc/c(=C\c2c(O)[nH]c3ccc(C(=O)O)cc23)o1. The maximum Gasteiger partial charge on any atom is 0.335 e. The molecule has 0 unspecified atom stereocenters. The number of hydrogen-bond acceptors (Lipinski definition) is 5. The van der Waals surface area contributed by atoms with E-state index in [1.807, 2.05) is 0 Å². The van der Waals surface area contributed by atoms with Crippen LogP contribution in [0.4, 0.5) is 0 Å². The van der Waals surface area contributed by atoms with Crippen molar-refractivity contribution in [1.82, 2.24) is 4.98 Å². The van der Waals surface area contributed by atoms with Crippen molar-refractivity contribution in [3.05, 3.63) is 86.6 Å². The van der Waals surface area contributed by atoms with E-state index >= 15 is 0 Å². The molecule has 0 radical (unpaired) electrons. The molecule has 9 heteroatoms. The molecule has 0 spiro atoms. The number of aromatic amines is 1. The number of nitrogens with one attached hydrogen (secondary N) is 1. The first kappa shape index (κ1) is 20.0. The van der Waals surface area contributed by atoms with Gasteiger partial charge in [0.2, 0.25) is 0 Å². The van der Waals surface area contributed by atoms with Crippen LogP contribution in [0.1, 0.15) is 26.3 Å². The lowest BCUT2D eigenvalue weighted by Gasteiger charge is -1.95. The first-order valence-electron chi connectivity index (χ1n) is 9.68. The number of carbonyl (C=O) groups excluding carboxylic acids is 1. The van der Waals surface area contributed by atoms with Crippen LogP contribution in [-0.2, 0) is 4.79 Å². The molecule has 1 amide bonds. The summed E-state index contributed by atoms with van der Waals surface area (Å²) in [4.78, 5) is 41.6. The molecule has 4 aromatic rings. The number of fused-ring (bicyclic) bond motifs is 2. The zero-order valence-electron chi connectivity index (χ0n) is 16.7. The molecule has 0 bridgehead atoms. The zero-order chi connectivity index (χ0) is 23.3. The Labute approximate surface area is 183 Å². The van der Waals surface area contributed by atoms with Gasteiger partial charge in [-0.25, -0.2) is 14.6 Å². The maximum absolute atomic E-state index is 12.3. The van der Waals surface area contributed by atoms with Gasteiger partial charge in [0.25, 0.3) is 5.91 Å². The number of aromatic carboxylic acids is 2. The average molecular weight is 442 g/mol. The molecule has 3 heterocycles. The van der Waals surface area contributed by atoms with Gasteiger partial charge in [0.05, 0.1) is 22.1 Å². The van der Waals surface area contributed by atoms with E-state index in [1.54, 1.807) is 24.3 Å². The predicted octanol–water partition coefficient (Wildman–Crippen LogP) is 0.483. The molecule has 0 fully saturated rings. The highest BCUT2D eigenvalue weighted by Crippen LogP contribution is 2.28. The molecule has 0 saturated carbocycles. The number of benzene rings is 2. The van der Waals surface area contributed by atoms with Crippen molar-refractivity contribution in [2.45, 2.75) is 0 Å². The number of hydrogen-bond donors (Lipinski definition) is 4. The van der Waals surface area contributed by atoms with Crippen LogP contribution in [0.25, 0.3) is 28.6 Å². The van der Waals surface area contributed by atoms with Crippen LogP contribution < -0.4 is 21.4 Å². The molecule has 4 N–H and O–H groups in total. The van der Waals surface area contributed by atoms with Crippen LogP contribution in [0.5, 0.6) is 5.88 Å². The number of aromatic nitrogens is 1. The van der Waals surface area contributed by atoms with Gasteiger partial charge in [-0.3, -0.25) is 4.79 Å². The molecule has 0 aliphatic carbocycles. The van der Waals surface area contributed by atoms with Crippen LogP contribution >= 0.6 is 0 Å². The van der Waals surface area contributed by atoms with Crippen molar-refractivity contribution in [3.63, 3.8) is 0 Å². The minimum atomic E-state index is -1.11. The van der Waals surface area contributed by atoms with E-state index in [0.717, 1.165) is 0 Å². The Hall–Kier alpha value is -4.92. The van der Waals surface area contributed by atoms with E-state index in [9.17, 15) is 29.7 Å². The fraction of sp³-hybridized carbons (Fsp3) is 0. The fourth-order valence-electron chi connectivity index (χ4n) is 3.69. The third-order valence-electron chi connectivity index (χ3n) is 5.27. The monoisotopic (exact) mass is 442 g/mol. The molecule has 33 heavy (non-hydrogen) atoms. The zero-order valence-corrected chi connectivity index (χ0v) is 16.7. The molecule has 1 aliphatic rings. The van der Waals surface area contributed by atoms with Crippen LogP contribution in [0.3, 0.4) is 0 Å². The molecule has 162 valence electrons. The second-order valence-electron chi connectivity index (χ2n) is 7.35. The summed E-state index contributed by atoms with van der Waals surface area (Å²) < 4.78 is 5.76. The highest BCUT2D eigenvalue weighted by atomic mass is 16.4. The number of carbonyl (C=O) groups is 3. The Morgan fingerprint density at radius 3 is 2.30 bits per heavy atom. The summed E-state index contributed by atoms with van der Waals surface area (Å²) in [6, 6.07) is 11.9. The molecule has 2 aromatic carbocycles. The standard InChI is InChI=1S/C24H14N2O7/c27-21-17(15-7-11(23(29)30)1-5-19(15)25-21)9-13-3-4-14(33-13)10-18-16-8-12(24(31)32)2-6-20(16)26-22(18)28/h1-10,25,27H,(H,29,30)(H,31,32)/b13-9+,14-10+. The van der Waals surface area contributed by atoms with Gasteiger partial charge in [-0.05, 0) is 60.7 Å². The lowest BCUT2D eigenvalue weighted by molar-refractivity contribution is -0.112. The van der Waals surface area contributed by atoms with Crippen molar-refractivity contribution in [1.29, 1.82) is 0 Å². The van der Waals surface area contributed by atoms with Gasteiger partial charge in [0.15, 0.2) is 5.88 Å². The van der Waals surface area contributed by atoms with Gasteiger partial charge in [-0.15, -0.1) is 0 Å². The van der Waals surface area contributed by atoms with E-state index in [2.05, 4.69) is 9.98 Å². The topological polar surface area (TPSA) is 153 Å². The normalized spacial score (nSPS) is 14.1. The Balaban J connectivity index is 1.63. The van der Waals surface area contributed by atoms with Gasteiger partial charge in [0, 0.05) is 21.7 Å². The fourth-order valence-corrected chi connectivity index (χ4v) is 3.69. The smallest absolute Gasteiger partial charge is 0.335 e. The van der Waals surface area contributed by atoms with E-state index in [0.29, 0.717) is 37.9 Å².